The predicted octanol–water partition coefficient (Wildman–Crippen LogP) is 5.32. The van der Waals surface area contributed by atoms with E-state index in [4.69, 9.17) is 4.52 Å². The van der Waals surface area contributed by atoms with Crippen LogP contribution in [0.2, 0.25) is 0 Å². The average Bonchev–Trinajstić information content (AvgIpc) is 3.44. The van der Waals surface area contributed by atoms with E-state index in [1.54, 1.807) is 6.07 Å². The Hall–Kier alpha value is -2.71. The number of aromatic nitrogens is 2. The summed E-state index contributed by atoms with van der Waals surface area (Å²) in [7, 11) is 0. The largest absolute Gasteiger partial charge is 0.416 e. The summed E-state index contributed by atoms with van der Waals surface area (Å²) in [6.45, 7) is 7.09. The summed E-state index contributed by atoms with van der Waals surface area (Å²) in [4.78, 5) is 6.80. The zero-order chi connectivity index (χ0) is 22.7. The summed E-state index contributed by atoms with van der Waals surface area (Å²) in [5.74, 6) is 1.01. The Bertz CT molecular complexity index is 1020. The summed E-state index contributed by atoms with van der Waals surface area (Å²) < 4.78 is 44.3. The highest BCUT2D eigenvalue weighted by Gasteiger charge is 2.31. The predicted molar refractivity (Wildman–Crippen MR) is 116 cm³/mol. The van der Waals surface area contributed by atoms with E-state index in [0.717, 1.165) is 38.2 Å². The minimum atomic E-state index is -4.41. The van der Waals surface area contributed by atoms with E-state index in [1.807, 2.05) is 13.0 Å². The molecule has 1 saturated heterocycles. The fourth-order valence-electron chi connectivity index (χ4n) is 4.22. The first-order valence-corrected chi connectivity index (χ1v) is 10.8. The van der Waals surface area contributed by atoms with Crippen LogP contribution in [0, 0.1) is 5.92 Å². The molecular weight excluding hydrogens is 417 g/mol. The highest BCUT2D eigenvalue weighted by atomic mass is 19.4. The van der Waals surface area contributed by atoms with Gasteiger partial charge in [0.15, 0.2) is 0 Å². The second-order valence-electron chi connectivity index (χ2n) is 8.48. The number of alkyl halides is 3. The molecule has 0 saturated carbocycles. The van der Waals surface area contributed by atoms with E-state index in [-0.39, 0.29) is 23.5 Å². The van der Waals surface area contributed by atoms with E-state index >= 15 is 0 Å². The van der Waals surface area contributed by atoms with Gasteiger partial charge in [0, 0.05) is 24.7 Å². The van der Waals surface area contributed by atoms with Gasteiger partial charge in [-0.3, -0.25) is 4.90 Å². The van der Waals surface area contributed by atoms with Gasteiger partial charge in [-0.25, -0.2) is 0 Å². The van der Waals surface area contributed by atoms with Crippen LogP contribution in [0.5, 0.6) is 0 Å². The average molecular weight is 445 g/mol. The van der Waals surface area contributed by atoms with Gasteiger partial charge < -0.3 is 9.84 Å². The van der Waals surface area contributed by atoms with Crippen LogP contribution < -0.4 is 5.32 Å². The smallest absolute Gasteiger partial charge is 0.337 e. The van der Waals surface area contributed by atoms with Crippen LogP contribution >= 0.6 is 0 Å². The number of nitrogens with one attached hydrogen (secondary N) is 1. The minimum absolute atomic E-state index is 0.155. The van der Waals surface area contributed by atoms with Crippen molar-refractivity contribution in [3.05, 3.63) is 71.6 Å². The molecule has 1 N–H and O–H groups in total. The van der Waals surface area contributed by atoms with Crippen molar-refractivity contribution in [2.75, 3.05) is 13.1 Å². The monoisotopic (exact) mass is 444 g/mol. The molecular formula is C24H27F3N4O. The van der Waals surface area contributed by atoms with Gasteiger partial charge in [0.05, 0.1) is 11.6 Å². The molecule has 1 aromatic heterocycles. The number of nitrogens with zero attached hydrogens (tertiary/aromatic N) is 3. The normalized spacial score (nSPS) is 19.2. The first kappa shape index (κ1) is 22.5. The SMILES string of the molecule is C[C@H](N[C@H](C)[C@H]1CCN(Cc2ccccc2)C1)c1nc(-c2cccc(C(F)(F)F)c2)no1. The molecule has 0 radical (unpaired) electrons. The number of halogens is 3. The third-order valence-electron chi connectivity index (χ3n) is 6.04. The minimum Gasteiger partial charge on any atom is -0.337 e. The van der Waals surface area contributed by atoms with E-state index in [9.17, 15) is 13.2 Å². The van der Waals surface area contributed by atoms with Crippen LogP contribution in [-0.2, 0) is 12.7 Å². The van der Waals surface area contributed by atoms with Gasteiger partial charge in [0.25, 0.3) is 0 Å². The molecule has 1 fully saturated rings. The zero-order valence-corrected chi connectivity index (χ0v) is 18.1. The number of likely N-dealkylation sites (tertiary alicyclic amines) is 1. The van der Waals surface area contributed by atoms with E-state index < -0.39 is 11.7 Å². The molecule has 5 nitrogen and oxygen atoms in total. The van der Waals surface area contributed by atoms with Crippen LogP contribution in [0.25, 0.3) is 11.4 Å². The van der Waals surface area contributed by atoms with E-state index in [2.05, 4.69) is 51.5 Å². The Labute approximate surface area is 185 Å². The molecule has 2 heterocycles. The number of hydrogen-bond acceptors (Lipinski definition) is 5. The summed E-state index contributed by atoms with van der Waals surface area (Å²) in [6, 6.07) is 15.4. The molecule has 1 aliphatic heterocycles. The zero-order valence-electron chi connectivity index (χ0n) is 18.1. The third kappa shape index (κ3) is 5.37. The van der Waals surface area contributed by atoms with Gasteiger partial charge in [-0.2, -0.15) is 18.2 Å². The summed E-state index contributed by atoms with van der Waals surface area (Å²) >= 11 is 0. The lowest BCUT2D eigenvalue weighted by Gasteiger charge is -2.24. The molecule has 0 bridgehead atoms. The molecule has 0 unspecified atom stereocenters. The van der Waals surface area contributed by atoms with Crippen molar-refractivity contribution in [1.82, 2.24) is 20.4 Å². The Morgan fingerprint density at radius 2 is 1.91 bits per heavy atom. The maximum Gasteiger partial charge on any atom is 0.416 e. The molecule has 1 aliphatic rings. The maximum absolute atomic E-state index is 13.0. The molecule has 0 aliphatic carbocycles. The van der Waals surface area contributed by atoms with Gasteiger partial charge in [-0.15, -0.1) is 0 Å². The number of rotatable bonds is 7. The van der Waals surface area contributed by atoms with Crippen molar-refractivity contribution in [2.24, 2.45) is 5.92 Å². The summed E-state index contributed by atoms with van der Waals surface area (Å²) in [6.07, 6.45) is -3.31. The number of benzene rings is 2. The third-order valence-corrected chi connectivity index (χ3v) is 6.04. The lowest BCUT2D eigenvalue weighted by molar-refractivity contribution is -0.137. The Balaban J connectivity index is 1.35. The van der Waals surface area contributed by atoms with E-state index in [0.29, 0.717) is 11.8 Å². The molecule has 0 spiro atoms. The summed E-state index contributed by atoms with van der Waals surface area (Å²) in [5.41, 5.74) is 0.861. The van der Waals surface area contributed by atoms with Crippen molar-refractivity contribution in [1.29, 1.82) is 0 Å². The molecule has 3 atom stereocenters. The van der Waals surface area contributed by atoms with Gasteiger partial charge in [0.1, 0.15) is 0 Å². The lowest BCUT2D eigenvalue weighted by atomic mass is 10.00. The molecule has 32 heavy (non-hydrogen) atoms. The number of hydrogen-bond donors (Lipinski definition) is 1. The van der Waals surface area contributed by atoms with Gasteiger partial charge in [0.2, 0.25) is 11.7 Å². The van der Waals surface area contributed by atoms with Crippen LogP contribution in [-0.4, -0.2) is 34.2 Å². The van der Waals surface area contributed by atoms with Crippen LogP contribution in [0.15, 0.2) is 59.1 Å². The molecule has 3 aromatic rings. The second-order valence-corrected chi connectivity index (χ2v) is 8.48. The van der Waals surface area contributed by atoms with Gasteiger partial charge in [-0.1, -0.05) is 47.6 Å². The molecule has 4 rings (SSSR count). The van der Waals surface area contributed by atoms with Crippen molar-refractivity contribution in [2.45, 2.75) is 45.1 Å². The fraction of sp³-hybridized carbons (Fsp3) is 0.417. The molecule has 8 heteroatoms. The van der Waals surface area contributed by atoms with Crippen molar-refractivity contribution in [3.63, 3.8) is 0 Å². The first-order valence-electron chi connectivity index (χ1n) is 10.8. The van der Waals surface area contributed by atoms with Crippen LogP contribution in [0.1, 0.15) is 43.3 Å². The van der Waals surface area contributed by atoms with Crippen molar-refractivity contribution in [3.8, 4) is 11.4 Å². The topological polar surface area (TPSA) is 54.2 Å². The standard InChI is InChI=1S/C24H27F3N4O/c1-16(20-11-12-31(15-20)14-18-7-4-3-5-8-18)28-17(2)23-29-22(30-32-23)19-9-6-10-21(13-19)24(25,26)27/h3-10,13,16-17,20,28H,11-12,14-15H2,1-2H3/t16-,17+,20+/m1/s1. The first-order chi connectivity index (χ1) is 15.3. The quantitative estimate of drug-likeness (QED) is 0.535. The Morgan fingerprint density at radius 1 is 1.12 bits per heavy atom. The lowest BCUT2D eigenvalue weighted by Crippen LogP contribution is -2.37. The second kappa shape index (κ2) is 9.42. The van der Waals surface area contributed by atoms with Gasteiger partial charge in [-0.05, 0) is 50.4 Å². The Kier molecular flexibility index (Phi) is 6.62. The van der Waals surface area contributed by atoms with Crippen LogP contribution in [0.3, 0.4) is 0 Å². The highest BCUT2D eigenvalue weighted by molar-refractivity contribution is 5.55. The van der Waals surface area contributed by atoms with E-state index in [1.165, 1.54) is 11.6 Å². The summed E-state index contributed by atoms with van der Waals surface area (Å²) in [5, 5.41) is 7.41. The Morgan fingerprint density at radius 3 is 2.66 bits per heavy atom. The molecule has 0 amide bonds. The van der Waals surface area contributed by atoms with Gasteiger partial charge >= 0.3 is 6.18 Å². The maximum atomic E-state index is 13.0. The molecule has 170 valence electrons. The van der Waals surface area contributed by atoms with Crippen LogP contribution in [0.4, 0.5) is 13.2 Å². The van der Waals surface area contributed by atoms with Crippen molar-refractivity contribution < 1.29 is 17.7 Å². The molecule has 2 aromatic carbocycles. The van der Waals surface area contributed by atoms with Crippen molar-refractivity contribution >= 4 is 0 Å². The fourth-order valence-corrected chi connectivity index (χ4v) is 4.22. The highest BCUT2D eigenvalue weighted by Crippen LogP contribution is 2.32.